The highest BCUT2D eigenvalue weighted by Crippen LogP contribution is 2.28. The molecule has 2 heterocycles. The molecule has 1 N–H and O–H groups in total. The number of ether oxygens (including phenoxy) is 1. The van der Waals surface area contributed by atoms with E-state index in [4.69, 9.17) is 4.74 Å². The number of nitrogens with zero attached hydrogens (tertiary/aromatic N) is 3. The molecule has 1 atom stereocenters. The van der Waals surface area contributed by atoms with Crippen LogP contribution in [-0.2, 0) is 11.2 Å². The van der Waals surface area contributed by atoms with Gasteiger partial charge < -0.3 is 15.0 Å². The summed E-state index contributed by atoms with van der Waals surface area (Å²) < 4.78 is 18.9. The zero-order valence-electron chi connectivity index (χ0n) is 16.7. The smallest absolute Gasteiger partial charge is 0.198 e. The largest absolute Gasteiger partial charge is 0.379 e. The molecular weight excluding hydrogens is 482 g/mol. The van der Waals surface area contributed by atoms with Crippen molar-refractivity contribution in [2.24, 2.45) is 4.99 Å². The van der Waals surface area contributed by atoms with Crippen molar-refractivity contribution in [3.63, 3.8) is 0 Å². The Morgan fingerprint density at radius 1 is 1.10 bits per heavy atom. The van der Waals surface area contributed by atoms with Gasteiger partial charge in [0.15, 0.2) is 5.96 Å². The zero-order valence-corrected chi connectivity index (χ0v) is 19.0. The van der Waals surface area contributed by atoms with Crippen molar-refractivity contribution >= 4 is 35.6 Å². The molecule has 1 unspecified atom stereocenters. The molecule has 1 saturated heterocycles. The van der Waals surface area contributed by atoms with Crippen LogP contribution in [0.15, 0.2) is 53.5 Å². The van der Waals surface area contributed by atoms with Crippen LogP contribution in [0.1, 0.15) is 17.2 Å². The first-order chi connectivity index (χ1) is 13.8. The second-order valence-electron chi connectivity index (χ2n) is 7.17. The summed E-state index contributed by atoms with van der Waals surface area (Å²) in [5, 5.41) is 3.56. The molecule has 1 fully saturated rings. The lowest BCUT2D eigenvalue weighted by molar-refractivity contribution is 0.0170. The molecule has 0 aliphatic carbocycles. The Bertz CT molecular complexity index is 824. The molecule has 2 aromatic rings. The van der Waals surface area contributed by atoms with Crippen LogP contribution in [0.4, 0.5) is 10.1 Å². The Balaban J connectivity index is 0.00000240. The van der Waals surface area contributed by atoms with Crippen LogP contribution in [0.25, 0.3) is 0 Å². The van der Waals surface area contributed by atoms with E-state index < -0.39 is 0 Å². The third kappa shape index (κ3) is 5.07. The van der Waals surface area contributed by atoms with Gasteiger partial charge in [0, 0.05) is 38.9 Å². The Labute approximate surface area is 189 Å². The highest BCUT2D eigenvalue weighted by Gasteiger charge is 2.26. The Kier molecular flexibility index (Phi) is 7.85. The van der Waals surface area contributed by atoms with Gasteiger partial charge >= 0.3 is 0 Å². The van der Waals surface area contributed by atoms with Gasteiger partial charge in [0.2, 0.25) is 0 Å². The Morgan fingerprint density at radius 3 is 2.55 bits per heavy atom. The van der Waals surface area contributed by atoms with E-state index in [2.05, 4.69) is 44.4 Å². The standard InChI is InChI=1S/C22H27FN4O.HI/c1-24-22(27-11-10-17-4-2-3-5-20(17)27)25-16-21(26-12-14-28-15-13-26)18-6-8-19(23)9-7-18;/h2-9,21H,10-16H2,1H3,(H,24,25);1H. The number of hydrogen-bond donors (Lipinski definition) is 1. The molecule has 156 valence electrons. The lowest BCUT2D eigenvalue weighted by atomic mass is 10.0. The van der Waals surface area contributed by atoms with E-state index in [9.17, 15) is 4.39 Å². The number of halogens is 2. The summed E-state index contributed by atoms with van der Waals surface area (Å²) in [6.07, 6.45) is 1.03. The zero-order chi connectivity index (χ0) is 19.3. The van der Waals surface area contributed by atoms with Crippen molar-refractivity contribution in [2.75, 3.05) is 51.3 Å². The Hall–Kier alpha value is -1.71. The molecule has 4 rings (SSSR count). The van der Waals surface area contributed by atoms with E-state index in [0.717, 1.165) is 50.8 Å². The fourth-order valence-electron chi connectivity index (χ4n) is 4.07. The SMILES string of the molecule is CN=C(NCC(c1ccc(F)cc1)N1CCOCC1)N1CCc2ccccc21.I. The number of nitrogens with one attached hydrogen (secondary N) is 1. The maximum absolute atomic E-state index is 13.4. The first-order valence-corrected chi connectivity index (χ1v) is 9.89. The fourth-order valence-corrected chi connectivity index (χ4v) is 4.07. The fraction of sp³-hybridized carbons (Fsp3) is 0.409. The first-order valence-electron chi connectivity index (χ1n) is 9.89. The van der Waals surface area contributed by atoms with Crippen LogP contribution >= 0.6 is 24.0 Å². The molecule has 2 aromatic carbocycles. The van der Waals surface area contributed by atoms with Crippen LogP contribution in [0.2, 0.25) is 0 Å². The minimum atomic E-state index is -0.207. The van der Waals surface area contributed by atoms with Gasteiger partial charge in [0.1, 0.15) is 5.82 Å². The number of benzene rings is 2. The number of rotatable bonds is 4. The van der Waals surface area contributed by atoms with Gasteiger partial charge in [-0.3, -0.25) is 9.89 Å². The number of para-hydroxylation sites is 1. The monoisotopic (exact) mass is 510 g/mol. The Morgan fingerprint density at radius 2 is 1.83 bits per heavy atom. The van der Waals surface area contributed by atoms with Crippen LogP contribution in [0.3, 0.4) is 0 Å². The van der Waals surface area contributed by atoms with Crippen molar-refractivity contribution < 1.29 is 9.13 Å². The molecule has 0 aromatic heterocycles. The molecule has 0 radical (unpaired) electrons. The van der Waals surface area contributed by atoms with Crippen LogP contribution in [0, 0.1) is 5.82 Å². The van der Waals surface area contributed by atoms with Crippen LogP contribution < -0.4 is 10.2 Å². The van der Waals surface area contributed by atoms with Gasteiger partial charge in [-0.2, -0.15) is 0 Å². The average molecular weight is 510 g/mol. The molecule has 2 aliphatic rings. The van der Waals surface area contributed by atoms with E-state index in [1.54, 1.807) is 0 Å². The minimum Gasteiger partial charge on any atom is -0.379 e. The molecule has 29 heavy (non-hydrogen) atoms. The van der Waals surface area contributed by atoms with E-state index in [1.165, 1.54) is 23.4 Å². The predicted octanol–water partition coefficient (Wildman–Crippen LogP) is 3.46. The third-order valence-corrected chi connectivity index (χ3v) is 5.55. The minimum absolute atomic E-state index is 0. The van der Waals surface area contributed by atoms with Gasteiger partial charge in [0.25, 0.3) is 0 Å². The molecule has 7 heteroatoms. The topological polar surface area (TPSA) is 40.1 Å². The summed E-state index contributed by atoms with van der Waals surface area (Å²) in [4.78, 5) is 9.17. The summed E-state index contributed by atoms with van der Waals surface area (Å²) in [5.41, 5.74) is 3.68. The number of morpholine rings is 1. The molecule has 0 amide bonds. The maximum atomic E-state index is 13.4. The van der Waals surface area contributed by atoms with E-state index in [1.807, 2.05) is 19.2 Å². The van der Waals surface area contributed by atoms with Gasteiger partial charge in [0.05, 0.1) is 19.3 Å². The highest BCUT2D eigenvalue weighted by atomic mass is 127. The summed E-state index contributed by atoms with van der Waals surface area (Å²) in [7, 11) is 1.82. The van der Waals surface area contributed by atoms with E-state index >= 15 is 0 Å². The van der Waals surface area contributed by atoms with Crippen molar-refractivity contribution in [3.05, 3.63) is 65.5 Å². The van der Waals surface area contributed by atoms with Gasteiger partial charge in [-0.25, -0.2) is 4.39 Å². The summed E-state index contributed by atoms with van der Waals surface area (Å²) in [6, 6.07) is 15.4. The average Bonchev–Trinajstić information content (AvgIpc) is 3.17. The highest BCUT2D eigenvalue weighted by molar-refractivity contribution is 14.0. The molecule has 2 aliphatic heterocycles. The second kappa shape index (κ2) is 10.4. The second-order valence-corrected chi connectivity index (χ2v) is 7.17. The first kappa shape index (κ1) is 22.0. The van der Waals surface area contributed by atoms with Crippen LogP contribution in [0.5, 0.6) is 0 Å². The van der Waals surface area contributed by atoms with Crippen molar-refractivity contribution in [3.8, 4) is 0 Å². The van der Waals surface area contributed by atoms with Gasteiger partial charge in [-0.1, -0.05) is 30.3 Å². The van der Waals surface area contributed by atoms with Gasteiger partial charge in [-0.05, 0) is 35.7 Å². The number of aliphatic imine (C=N–C) groups is 1. The van der Waals surface area contributed by atoms with E-state index in [0.29, 0.717) is 6.54 Å². The number of fused-ring (bicyclic) bond motifs is 1. The van der Waals surface area contributed by atoms with E-state index in [-0.39, 0.29) is 35.8 Å². The molecule has 5 nitrogen and oxygen atoms in total. The molecule has 0 bridgehead atoms. The number of guanidine groups is 1. The lowest BCUT2D eigenvalue weighted by Crippen LogP contribution is -2.47. The molecule has 0 saturated carbocycles. The molecular formula is C22H28FIN4O. The molecule has 0 spiro atoms. The third-order valence-electron chi connectivity index (χ3n) is 5.55. The quantitative estimate of drug-likeness (QED) is 0.389. The normalized spacial score (nSPS) is 18.1. The van der Waals surface area contributed by atoms with Crippen molar-refractivity contribution in [1.29, 1.82) is 0 Å². The number of anilines is 1. The number of hydrogen-bond acceptors (Lipinski definition) is 3. The maximum Gasteiger partial charge on any atom is 0.198 e. The lowest BCUT2D eigenvalue weighted by Gasteiger charge is -2.35. The summed E-state index contributed by atoms with van der Waals surface area (Å²) in [6.45, 7) is 4.83. The predicted molar refractivity (Wildman–Crippen MR) is 126 cm³/mol. The van der Waals surface area contributed by atoms with Crippen molar-refractivity contribution in [1.82, 2.24) is 10.2 Å². The van der Waals surface area contributed by atoms with Gasteiger partial charge in [-0.15, -0.1) is 24.0 Å². The van der Waals surface area contributed by atoms with Crippen LogP contribution in [-0.4, -0.2) is 57.3 Å². The summed E-state index contributed by atoms with van der Waals surface area (Å²) >= 11 is 0. The van der Waals surface area contributed by atoms with Crippen molar-refractivity contribution in [2.45, 2.75) is 12.5 Å². The summed E-state index contributed by atoms with van der Waals surface area (Å²) in [5.74, 6) is 0.673.